The molecule has 11 nitrogen and oxygen atoms in total. The van der Waals surface area contributed by atoms with Gasteiger partial charge < -0.3 is 25.4 Å². The van der Waals surface area contributed by atoms with Crippen LogP contribution in [0.3, 0.4) is 0 Å². The Hall–Kier alpha value is -2.99. The molecule has 31 heavy (non-hydrogen) atoms. The molecule has 0 atom stereocenters. The lowest BCUT2D eigenvalue weighted by Gasteiger charge is -2.27. The zero-order valence-corrected chi connectivity index (χ0v) is 18.6. The first kappa shape index (κ1) is 22.7. The molecular formula is C19H26N6O5S. The first-order valence-electron chi connectivity index (χ1n) is 9.82. The maximum atomic E-state index is 13.1. The number of amides is 2. The molecule has 4 heterocycles. The maximum absolute atomic E-state index is 13.1. The zero-order valence-electron chi connectivity index (χ0n) is 17.8. The smallest absolute Gasteiger partial charge is 0.300 e. The molecule has 1 fully saturated rings. The van der Waals surface area contributed by atoms with Gasteiger partial charge in [0.15, 0.2) is 10.8 Å². The Labute approximate surface area is 183 Å². The lowest BCUT2D eigenvalue weighted by molar-refractivity contribution is -0.134. The number of nitrogens with two attached hydrogens (primary N) is 1. The van der Waals surface area contributed by atoms with Crippen molar-refractivity contribution < 1.29 is 24.2 Å². The van der Waals surface area contributed by atoms with Crippen molar-refractivity contribution in [1.29, 1.82) is 0 Å². The minimum Gasteiger partial charge on any atom is -0.481 e. The van der Waals surface area contributed by atoms with Crippen LogP contribution < -0.4 is 10.6 Å². The third kappa shape index (κ3) is 5.02. The standard InChI is InChI=1S/C17H22N6O3S.C2H4O2/c1-10-14(27-17(19-10)22-5-7-26-8-6-22)16(25)23-4-3-12-11(9-23)13(15(18)24)20-21(12)2;1-2(3)4/h3-9H2,1-2H3,(H2,18,24);1H3,(H,3,4). The normalized spacial score (nSPS) is 15.7. The van der Waals surface area contributed by atoms with E-state index in [4.69, 9.17) is 20.4 Å². The average molecular weight is 451 g/mol. The third-order valence-electron chi connectivity index (χ3n) is 5.02. The first-order valence-corrected chi connectivity index (χ1v) is 10.6. The van der Waals surface area contributed by atoms with E-state index >= 15 is 0 Å². The van der Waals surface area contributed by atoms with Crippen molar-refractivity contribution in [3.63, 3.8) is 0 Å². The molecule has 2 aliphatic rings. The summed E-state index contributed by atoms with van der Waals surface area (Å²) in [6, 6.07) is 0. The highest BCUT2D eigenvalue weighted by Gasteiger charge is 2.31. The number of ether oxygens (including phenoxy) is 1. The Kier molecular flexibility index (Phi) is 6.91. The molecule has 2 aromatic rings. The van der Waals surface area contributed by atoms with Crippen LogP contribution in [0.15, 0.2) is 0 Å². The highest BCUT2D eigenvalue weighted by Crippen LogP contribution is 2.30. The summed E-state index contributed by atoms with van der Waals surface area (Å²) in [5, 5.41) is 12.5. The minimum atomic E-state index is -0.833. The fourth-order valence-electron chi connectivity index (χ4n) is 3.58. The molecule has 2 amide bonds. The number of primary amides is 1. The number of rotatable bonds is 3. The number of fused-ring (bicyclic) bond motifs is 1. The largest absolute Gasteiger partial charge is 0.481 e. The van der Waals surface area contributed by atoms with E-state index in [9.17, 15) is 9.59 Å². The van der Waals surface area contributed by atoms with E-state index in [0.29, 0.717) is 37.6 Å². The van der Waals surface area contributed by atoms with E-state index in [1.54, 1.807) is 16.6 Å². The summed E-state index contributed by atoms with van der Waals surface area (Å²) < 4.78 is 7.07. The molecule has 2 aromatic heterocycles. The fraction of sp³-hybridized carbons (Fsp3) is 0.526. The lowest BCUT2D eigenvalue weighted by atomic mass is 10.0. The second-order valence-electron chi connectivity index (χ2n) is 7.27. The predicted octanol–water partition coefficient (Wildman–Crippen LogP) is 0.410. The van der Waals surface area contributed by atoms with Crippen molar-refractivity contribution in [2.24, 2.45) is 12.8 Å². The van der Waals surface area contributed by atoms with Gasteiger partial charge in [-0.15, -0.1) is 0 Å². The van der Waals surface area contributed by atoms with Crippen molar-refractivity contribution in [1.82, 2.24) is 19.7 Å². The molecule has 0 aromatic carbocycles. The number of aliphatic carboxylic acids is 1. The van der Waals surface area contributed by atoms with Crippen LogP contribution >= 0.6 is 11.3 Å². The topological polar surface area (TPSA) is 144 Å². The molecule has 0 aliphatic carbocycles. The van der Waals surface area contributed by atoms with Gasteiger partial charge in [0.05, 0.1) is 25.5 Å². The molecule has 0 unspecified atom stereocenters. The van der Waals surface area contributed by atoms with E-state index in [1.165, 1.54) is 11.3 Å². The van der Waals surface area contributed by atoms with Crippen molar-refractivity contribution in [2.45, 2.75) is 26.8 Å². The summed E-state index contributed by atoms with van der Waals surface area (Å²) in [5.74, 6) is -1.46. The molecule has 0 spiro atoms. The van der Waals surface area contributed by atoms with Crippen LogP contribution in [0.5, 0.6) is 0 Å². The number of nitrogens with zero attached hydrogens (tertiary/aromatic N) is 5. The first-order chi connectivity index (χ1) is 14.7. The number of hydrogen-bond donors (Lipinski definition) is 2. The maximum Gasteiger partial charge on any atom is 0.300 e. The van der Waals surface area contributed by atoms with Gasteiger partial charge >= 0.3 is 0 Å². The molecule has 1 saturated heterocycles. The molecule has 168 valence electrons. The summed E-state index contributed by atoms with van der Waals surface area (Å²) in [6.07, 6.45) is 0.645. The summed E-state index contributed by atoms with van der Waals surface area (Å²) in [5.41, 5.74) is 8.15. The lowest BCUT2D eigenvalue weighted by Crippen LogP contribution is -2.37. The Morgan fingerprint density at radius 2 is 1.84 bits per heavy atom. The highest BCUT2D eigenvalue weighted by atomic mass is 32.1. The van der Waals surface area contributed by atoms with Crippen molar-refractivity contribution >= 4 is 34.3 Å². The number of carboxylic acid groups (broad SMARTS) is 1. The number of morpholine rings is 1. The molecule has 2 aliphatic heterocycles. The second-order valence-corrected chi connectivity index (χ2v) is 8.25. The second kappa shape index (κ2) is 9.43. The van der Waals surface area contributed by atoms with Gasteiger partial charge in [0, 0.05) is 51.3 Å². The molecule has 0 bridgehead atoms. The number of aromatic nitrogens is 3. The predicted molar refractivity (Wildman–Crippen MR) is 113 cm³/mol. The number of thiazole rings is 1. The van der Waals surface area contributed by atoms with Crippen LogP contribution in [-0.4, -0.2) is 75.4 Å². The van der Waals surface area contributed by atoms with Crippen LogP contribution in [0.2, 0.25) is 0 Å². The van der Waals surface area contributed by atoms with Gasteiger partial charge in [-0.2, -0.15) is 5.10 Å². The van der Waals surface area contributed by atoms with Gasteiger partial charge in [-0.05, 0) is 6.92 Å². The van der Waals surface area contributed by atoms with Crippen molar-refractivity contribution in [2.75, 3.05) is 37.7 Å². The Morgan fingerprint density at radius 3 is 2.45 bits per heavy atom. The quantitative estimate of drug-likeness (QED) is 0.684. The van der Waals surface area contributed by atoms with Gasteiger partial charge in [-0.25, -0.2) is 4.98 Å². The van der Waals surface area contributed by atoms with Gasteiger partial charge in [0.25, 0.3) is 17.8 Å². The van der Waals surface area contributed by atoms with Crippen LogP contribution in [0.1, 0.15) is 44.0 Å². The number of carbonyl (C=O) groups is 3. The van der Waals surface area contributed by atoms with E-state index in [0.717, 1.165) is 42.1 Å². The van der Waals surface area contributed by atoms with Gasteiger partial charge in [0.2, 0.25) is 0 Å². The van der Waals surface area contributed by atoms with E-state index < -0.39 is 11.9 Å². The number of hydrogen-bond acceptors (Lipinski definition) is 8. The summed E-state index contributed by atoms with van der Waals surface area (Å²) in [7, 11) is 1.80. The number of anilines is 1. The zero-order chi connectivity index (χ0) is 22.7. The van der Waals surface area contributed by atoms with Gasteiger partial charge in [-0.1, -0.05) is 11.3 Å². The number of carboxylic acids is 1. The van der Waals surface area contributed by atoms with Crippen molar-refractivity contribution in [3.05, 3.63) is 27.5 Å². The van der Waals surface area contributed by atoms with Crippen LogP contribution in [0.25, 0.3) is 0 Å². The summed E-state index contributed by atoms with van der Waals surface area (Å²) in [4.78, 5) is 42.9. The third-order valence-corrected chi connectivity index (χ3v) is 6.23. The Bertz CT molecular complexity index is 990. The van der Waals surface area contributed by atoms with Gasteiger partial charge in [0.1, 0.15) is 4.88 Å². The molecule has 0 radical (unpaired) electrons. The molecule has 3 N–H and O–H groups in total. The molecular weight excluding hydrogens is 424 g/mol. The minimum absolute atomic E-state index is 0.0607. The Balaban J connectivity index is 0.000000628. The molecule has 4 rings (SSSR count). The van der Waals surface area contributed by atoms with E-state index in [1.807, 2.05) is 6.92 Å². The summed E-state index contributed by atoms with van der Waals surface area (Å²) in [6.45, 7) is 6.78. The van der Waals surface area contributed by atoms with E-state index in [2.05, 4.69) is 15.0 Å². The van der Waals surface area contributed by atoms with Crippen LogP contribution in [0, 0.1) is 6.92 Å². The van der Waals surface area contributed by atoms with Gasteiger partial charge in [-0.3, -0.25) is 19.1 Å². The number of carbonyl (C=O) groups excluding carboxylic acids is 2. The molecule has 12 heteroatoms. The van der Waals surface area contributed by atoms with Crippen LogP contribution in [-0.2, 0) is 29.5 Å². The highest BCUT2D eigenvalue weighted by molar-refractivity contribution is 7.17. The average Bonchev–Trinajstić information content (AvgIpc) is 3.28. The molecule has 0 saturated carbocycles. The summed E-state index contributed by atoms with van der Waals surface area (Å²) >= 11 is 1.42. The number of aryl methyl sites for hydroxylation is 2. The van der Waals surface area contributed by atoms with Crippen molar-refractivity contribution in [3.8, 4) is 0 Å². The fourth-order valence-corrected chi connectivity index (χ4v) is 4.66. The van der Waals surface area contributed by atoms with E-state index in [-0.39, 0.29) is 11.6 Å². The Morgan fingerprint density at radius 1 is 1.19 bits per heavy atom. The van der Waals surface area contributed by atoms with Crippen LogP contribution in [0.4, 0.5) is 5.13 Å². The SMILES string of the molecule is CC(=O)O.Cc1nc(N2CCOCC2)sc1C(=O)N1CCc2c(c(C(N)=O)nn2C)C1. The monoisotopic (exact) mass is 450 g/mol.